The van der Waals surface area contributed by atoms with Gasteiger partial charge >= 0.3 is 0 Å². The van der Waals surface area contributed by atoms with Crippen LogP contribution in [0.25, 0.3) is 0 Å². The van der Waals surface area contributed by atoms with Crippen molar-refractivity contribution in [3.8, 4) is 0 Å². The standard InChI is InChI=1S/C24H31ClFN3OS.ClH/c1-2-5-29-19(10-22(30)27-21-4-3-18(25)9-20(21)26)14-31-23(29)28-24-11-15-6-16(12-24)8-17(7-15)13-24;/h3-4,9,15-17,19H,2,5-8,10-14H2,1H3,(H,27,30);1H. The van der Waals surface area contributed by atoms with Crippen molar-refractivity contribution in [1.82, 2.24) is 4.90 Å². The summed E-state index contributed by atoms with van der Waals surface area (Å²) in [5.41, 5.74) is 0.330. The van der Waals surface area contributed by atoms with Gasteiger partial charge in [-0.3, -0.25) is 9.79 Å². The van der Waals surface area contributed by atoms with Crippen LogP contribution >= 0.6 is 35.8 Å². The Balaban J connectivity index is 0.00000245. The largest absolute Gasteiger partial charge is 0.347 e. The Bertz CT molecular complexity index is 861. The van der Waals surface area contributed by atoms with E-state index in [1.54, 1.807) is 17.8 Å². The number of aliphatic imine (C=N–C) groups is 1. The van der Waals surface area contributed by atoms with Crippen molar-refractivity contribution in [3.05, 3.63) is 29.0 Å². The first-order chi connectivity index (χ1) is 14.9. The number of nitrogens with one attached hydrogen (secondary N) is 1. The van der Waals surface area contributed by atoms with Crippen LogP contribution in [-0.4, -0.2) is 39.9 Å². The molecule has 1 heterocycles. The summed E-state index contributed by atoms with van der Waals surface area (Å²) in [5.74, 6) is 2.81. The Morgan fingerprint density at radius 3 is 2.50 bits per heavy atom. The van der Waals surface area contributed by atoms with Crippen LogP contribution in [0.4, 0.5) is 10.1 Å². The minimum Gasteiger partial charge on any atom is -0.347 e. The SMILES string of the molecule is CCCN1C(=NC23CC4CC(CC(C4)C2)C3)SCC1CC(=O)Nc1ccc(Cl)cc1F.Cl. The molecule has 1 aromatic rings. The fraction of sp³-hybridized carbons (Fsp3) is 0.667. The molecule has 176 valence electrons. The van der Waals surface area contributed by atoms with Crippen LogP contribution < -0.4 is 5.32 Å². The molecule has 8 heteroatoms. The van der Waals surface area contributed by atoms with Gasteiger partial charge in [0.05, 0.1) is 11.2 Å². The van der Waals surface area contributed by atoms with E-state index in [1.165, 1.54) is 50.7 Å². The number of nitrogens with zero attached hydrogens (tertiary/aromatic N) is 2. The molecule has 4 saturated carbocycles. The third-order valence-corrected chi connectivity index (χ3v) is 8.89. The van der Waals surface area contributed by atoms with Crippen molar-refractivity contribution in [3.63, 3.8) is 0 Å². The fourth-order valence-electron chi connectivity index (χ4n) is 6.70. The molecule has 1 unspecified atom stereocenters. The average molecular weight is 501 g/mol. The second-order valence-corrected chi connectivity index (χ2v) is 11.5. The summed E-state index contributed by atoms with van der Waals surface area (Å²) in [6.07, 6.45) is 9.37. The lowest BCUT2D eigenvalue weighted by molar-refractivity contribution is -0.116. The molecule has 4 nitrogen and oxygen atoms in total. The van der Waals surface area contributed by atoms with Gasteiger partial charge in [0.25, 0.3) is 0 Å². The average Bonchev–Trinajstić information content (AvgIpc) is 3.04. The highest BCUT2D eigenvalue weighted by atomic mass is 35.5. The van der Waals surface area contributed by atoms with E-state index in [0.717, 1.165) is 41.6 Å². The number of halogens is 3. The summed E-state index contributed by atoms with van der Waals surface area (Å²) in [7, 11) is 0. The summed E-state index contributed by atoms with van der Waals surface area (Å²) in [6, 6.07) is 4.43. The molecule has 1 aromatic carbocycles. The molecule has 1 saturated heterocycles. The lowest BCUT2D eigenvalue weighted by Crippen LogP contribution is -2.50. The Kier molecular flexibility index (Phi) is 7.33. The van der Waals surface area contributed by atoms with Crippen molar-refractivity contribution in [1.29, 1.82) is 0 Å². The number of anilines is 1. The van der Waals surface area contributed by atoms with Crippen LogP contribution in [-0.2, 0) is 4.79 Å². The lowest BCUT2D eigenvalue weighted by Gasteiger charge is -2.55. The summed E-state index contributed by atoms with van der Waals surface area (Å²) in [5, 5.41) is 4.18. The molecule has 32 heavy (non-hydrogen) atoms. The third kappa shape index (κ3) is 4.92. The molecule has 5 aliphatic rings. The summed E-state index contributed by atoms with van der Waals surface area (Å²) >= 11 is 7.62. The van der Waals surface area contributed by atoms with Gasteiger partial charge in [-0.15, -0.1) is 12.4 Å². The fourth-order valence-corrected chi connectivity index (χ4v) is 8.16. The summed E-state index contributed by atoms with van der Waals surface area (Å²) in [4.78, 5) is 20.5. The number of hydrogen-bond donors (Lipinski definition) is 1. The topological polar surface area (TPSA) is 44.7 Å². The van der Waals surface area contributed by atoms with Gasteiger partial charge in [-0.25, -0.2) is 4.39 Å². The Morgan fingerprint density at radius 2 is 1.91 bits per heavy atom. The maximum absolute atomic E-state index is 14.1. The van der Waals surface area contributed by atoms with Crippen molar-refractivity contribution >= 4 is 52.5 Å². The van der Waals surface area contributed by atoms with Crippen molar-refractivity contribution in [2.24, 2.45) is 22.7 Å². The number of amidine groups is 1. The quantitative estimate of drug-likeness (QED) is 0.493. The van der Waals surface area contributed by atoms with Crippen LogP contribution in [0.5, 0.6) is 0 Å². The second kappa shape index (κ2) is 9.71. The number of carbonyl (C=O) groups is 1. The summed E-state index contributed by atoms with van der Waals surface area (Å²) in [6.45, 7) is 3.08. The smallest absolute Gasteiger partial charge is 0.226 e. The van der Waals surface area contributed by atoms with Gasteiger partial charge in [-0.2, -0.15) is 0 Å². The molecule has 6 rings (SSSR count). The number of rotatable bonds is 6. The number of benzene rings is 1. The number of thioether (sulfide) groups is 1. The maximum Gasteiger partial charge on any atom is 0.226 e. The van der Waals surface area contributed by atoms with E-state index in [4.69, 9.17) is 16.6 Å². The van der Waals surface area contributed by atoms with E-state index in [9.17, 15) is 9.18 Å². The molecule has 1 amide bonds. The van der Waals surface area contributed by atoms with Gasteiger partial charge < -0.3 is 10.2 Å². The number of carbonyl (C=O) groups excluding carboxylic acids is 1. The normalized spacial score (nSPS) is 34.1. The van der Waals surface area contributed by atoms with E-state index in [1.807, 2.05) is 0 Å². The number of amides is 1. The first-order valence-corrected chi connectivity index (χ1v) is 13.0. The highest BCUT2D eigenvalue weighted by Crippen LogP contribution is 2.57. The van der Waals surface area contributed by atoms with Crippen LogP contribution in [0, 0.1) is 23.6 Å². The van der Waals surface area contributed by atoms with Gasteiger partial charge in [0.1, 0.15) is 5.82 Å². The van der Waals surface area contributed by atoms with Gasteiger partial charge in [0.2, 0.25) is 5.91 Å². The Hall–Kier alpha value is -0.980. The van der Waals surface area contributed by atoms with Gasteiger partial charge in [-0.05, 0) is 80.9 Å². The van der Waals surface area contributed by atoms with Gasteiger partial charge in [0.15, 0.2) is 5.17 Å². The van der Waals surface area contributed by atoms with Crippen LogP contribution in [0.1, 0.15) is 58.3 Å². The first-order valence-electron chi connectivity index (χ1n) is 11.7. The third-order valence-electron chi connectivity index (χ3n) is 7.52. The second-order valence-electron chi connectivity index (χ2n) is 10.1. The summed E-state index contributed by atoms with van der Waals surface area (Å²) < 4.78 is 14.1. The van der Waals surface area contributed by atoms with E-state index in [-0.39, 0.29) is 35.6 Å². The van der Waals surface area contributed by atoms with Crippen LogP contribution in [0.3, 0.4) is 0 Å². The molecule has 1 N–H and O–H groups in total. The lowest BCUT2D eigenvalue weighted by atomic mass is 9.53. The van der Waals surface area contributed by atoms with E-state index in [2.05, 4.69) is 17.1 Å². The predicted octanol–water partition coefficient (Wildman–Crippen LogP) is 6.38. The van der Waals surface area contributed by atoms with Gasteiger partial charge in [0, 0.05) is 29.8 Å². The van der Waals surface area contributed by atoms with E-state index < -0.39 is 5.82 Å². The molecule has 1 atom stereocenters. The molecule has 4 bridgehead atoms. The zero-order valence-corrected chi connectivity index (χ0v) is 20.9. The van der Waals surface area contributed by atoms with Crippen molar-refractivity contribution in [2.75, 3.05) is 17.6 Å². The van der Waals surface area contributed by atoms with Gasteiger partial charge in [-0.1, -0.05) is 30.3 Å². The highest BCUT2D eigenvalue weighted by Gasteiger charge is 2.51. The van der Waals surface area contributed by atoms with E-state index >= 15 is 0 Å². The Morgan fingerprint density at radius 1 is 1.25 bits per heavy atom. The number of hydrogen-bond acceptors (Lipinski definition) is 3. The molecular weight excluding hydrogens is 468 g/mol. The predicted molar refractivity (Wildman–Crippen MR) is 133 cm³/mol. The molecule has 0 aromatic heterocycles. The molecular formula is C24H32Cl2FN3OS. The van der Waals surface area contributed by atoms with Crippen molar-refractivity contribution in [2.45, 2.75) is 69.9 Å². The molecule has 0 radical (unpaired) electrons. The minimum atomic E-state index is -0.504. The molecule has 1 aliphatic heterocycles. The molecule has 4 aliphatic carbocycles. The molecule has 5 fully saturated rings. The van der Waals surface area contributed by atoms with Crippen molar-refractivity contribution < 1.29 is 9.18 Å². The maximum atomic E-state index is 14.1. The Labute approximate surface area is 205 Å². The van der Waals surface area contributed by atoms with Crippen LogP contribution in [0.2, 0.25) is 5.02 Å². The van der Waals surface area contributed by atoms with E-state index in [0.29, 0.717) is 11.4 Å². The zero-order valence-electron chi connectivity index (χ0n) is 18.5. The van der Waals surface area contributed by atoms with Crippen LogP contribution in [0.15, 0.2) is 23.2 Å². The minimum absolute atomic E-state index is 0. The molecule has 0 spiro atoms. The first kappa shape index (κ1) is 24.2. The highest BCUT2D eigenvalue weighted by molar-refractivity contribution is 8.14. The monoisotopic (exact) mass is 499 g/mol. The zero-order chi connectivity index (χ0) is 21.6.